The molecule has 0 aromatic heterocycles. The van der Waals surface area contributed by atoms with Crippen molar-refractivity contribution in [2.24, 2.45) is 0 Å². The highest BCUT2D eigenvalue weighted by Crippen LogP contribution is 2.24. The number of aldehydes is 1. The second-order valence-electron chi connectivity index (χ2n) is 2.88. The second-order valence-corrected chi connectivity index (χ2v) is 3.73. The summed E-state index contributed by atoms with van der Waals surface area (Å²) in [6, 6.07) is 5.92. The molecule has 1 rings (SSSR count). The highest BCUT2D eigenvalue weighted by Gasteiger charge is 2.07. The fraction of sp³-hybridized carbons (Fsp3) is 0.300. The number of carbonyl (C=O) groups is 1. The van der Waals surface area contributed by atoms with Crippen LogP contribution in [0.15, 0.2) is 22.7 Å². The third-order valence-corrected chi connectivity index (χ3v) is 2.86. The molecule has 0 saturated heterocycles. The van der Waals surface area contributed by atoms with Crippen LogP contribution >= 0.6 is 15.9 Å². The maximum atomic E-state index is 10.6. The largest absolute Gasteiger partial charge is 0.303 e. The van der Waals surface area contributed by atoms with Gasteiger partial charge in [-0.1, -0.05) is 35.0 Å². The first-order valence-corrected chi connectivity index (χ1v) is 4.66. The van der Waals surface area contributed by atoms with Crippen molar-refractivity contribution < 1.29 is 4.79 Å². The van der Waals surface area contributed by atoms with Crippen molar-refractivity contribution in [3.05, 3.63) is 33.8 Å². The maximum Gasteiger partial charge on any atom is 0.127 e. The molecule has 1 aromatic carbocycles. The average molecular weight is 227 g/mol. The predicted molar refractivity (Wildman–Crippen MR) is 53.4 cm³/mol. The van der Waals surface area contributed by atoms with Gasteiger partial charge in [-0.05, 0) is 24.1 Å². The van der Waals surface area contributed by atoms with Crippen molar-refractivity contribution >= 4 is 22.2 Å². The van der Waals surface area contributed by atoms with Crippen molar-refractivity contribution in [2.45, 2.75) is 19.8 Å². The van der Waals surface area contributed by atoms with E-state index in [0.717, 1.165) is 21.9 Å². The van der Waals surface area contributed by atoms with Crippen molar-refractivity contribution in [1.82, 2.24) is 0 Å². The van der Waals surface area contributed by atoms with Crippen LogP contribution in [-0.2, 0) is 4.79 Å². The van der Waals surface area contributed by atoms with Crippen LogP contribution in [-0.4, -0.2) is 6.29 Å². The van der Waals surface area contributed by atoms with Gasteiger partial charge < -0.3 is 4.79 Å². The lowest BCUT2D eigenvalue weighted by Crippen LogP contribution is -1.97. The standard InChI is InChI=1S/C10H11BrO/c1-7(6-12)9-4-3-5-10(11)8(9)2/h3-7H,1-2H3. The Morgan fingerprint density at radius 2 is 2.17 bits per heavy atom. The molecule has 64 valence electrons. The van der Waals surface area contributed by atoms with E-state index in [1.54, 1.807) is 0 Å². The first kappa shape index (κ1) is 9.46. The van der Waals surface area contributed by atoms with Crippen molar-refractivity contribution in [1.29, 1.82) is 0 Å². The quantitative estimate of drug-likeness (QED) is 0.709. The molecule has 1 nitrogen and oxygen atoms in total. The maximum absolute atomic E-state index is 10.6. The van der Waals surface area contributed by atoms with Gasteiger partial charge in [-0.15, -0.1) is 0 Å². The molecule has 0 N–H and O–H groups in total. The van der Waals surface area contributed by atoms with Gasteiger partial charge in [0.25, 0.3) is 0 Å². The van der Waals surface area contributed by atoms with Gasteiger partial charge in [0, 0.05) is 10.4 Å². The lowest BCUT2D eigenvalue weighted by molar-refractivity contribution is -0.108. The van der Waals surface area contributed by atoms with E-state index in [4.69, 9.17) is 0 Å². The van der Waals surface area contributed by atoms with E-state index >= 15 is 0 Å². The van der Waals surface area contributed by atoms with Gasteiger partial charge in [0.15, 0.2) is 0 Å². The molecule has 2 heteroatoms. The minimum Gasteiger partial charge on any atom is -0.303 e. The molecule has 0 bridgehead atoms. The molecule has 0 saturated carbocycles. The summed E-state index contributed by atoms with van der Waals surface area (Å²) in [5.41, 5.74) is 2.25. The van der Waals surface area contributed by atoms with Gasteiger partial charge >= 0.3 is 0 Å². The zero-order chi connectivity index (χ0) is 9.14. The first-order chi connectivity index (χ1) is 5.66. The van der Waals surface area contributed by atoms with Crippen molar-refractivity contribution in [2.75, 3.05) is 0 Å². The molecular weight excluding hydrogens is 216 g/mol. The Balaban J connectivity index is 3.15. The molecule has 1 unspecified atom stereocenters. The zero-order valence-corrected chi connectivity index (χ0v) is 8.76. The van der Waals surface area contributed by atoms with Gasteiger partial charge in [-0.25, -0.2) is 0 Å². The molecule has 0 heterocycles. The van der Waals surface area contributed by atoms with E-state index in [1.807, 2.05) is 32.0 Å². The summed E-state index contributed by atoms with van der Waals surface area (Å²) in [7, 11) is 0. The minimum atomic E-state index is -0.0116. The summed E-state index contributed by atoms with van der Waals surface area (Å²) in [5, 5.41) is 0. The SMILES string of the molecule is Cc1c(Br)cccc1C(C)C=O. The summed E-state index contributed by atoms with van der Waals surface area (Å²) in [4.78, 5) is 10.6. The number of halogens is 1. The number of hydrogen-bond donors (Lipinski definition) is 0. The van der Waals surface area contributed by atoms with Crippen LogP contribution in [0, 0.1) is 6.92 Å². The summed E-state index contributed by atoms with van der Waals surface area (Å²) >= 11 is 3.43. The molecule has 12 heavy (non-hydrogen) atoms. The fourth-order valence-electron chi connectivity index (χ4n) is 1.19. The third-order valence-electron chi connectivity index (χ3n) is 2.00. The number of carbonyl (C=O) groups excluding carboxylic acids is 1. The minimum absolute atomic E-state index is 0.0116. The molecule has 1 aromatic rings. The smallest absolute Gasteiger partial charge is 0.127 e. The van der Waals surface area contributed by atoms with E-state index < -0.39 is 0 Å². The van der Waals surface area contributed by atoms with Crippen molar-refractivity contribution in [3.63, 3.8) is 0 Å². The normalized spacial score (nSPS) is 12.6. The average Bonchev–Trinajstić information content (AvgIpc) is 2.08. The fourth-order valence-corrected chi connectivity index (χ4v) is 1.57. The Morgan fingerprint density at radius 3 is 2.75 bits per heavy atom. The molecule has 0 fully saturated rings. The Hall–Kier alpha value is -0.630. The van der Waals surface area contributed by atoms with Gasteiger partial charge in [0.1, 0.15) is 6.29 Å². The Bertz CT molecular complexity index is 294. The van der Waals surface area contributed by atoms with Crippen molar-refractivity contribution in [3.8, 4) is 0 Å². The highest BCUT2D eigenvalue weighted by molar-refractivity contribution is 9.10. The van der Waals surface area contributed by atoms with E-state index in [2.05, 4.69) is 15.9 Å². The lowest BCUT2D eigenvalue weighted by Gasteiger charge is -2.09. The summed E-state index contributed by atoms with van der Waals surface area (Å²) in [6.07, 6.45) is 0.967. The van der Waals surface area contributed by atoms with E-state index in [1.165, 1.54) is 0 Å². The van der Waals surface area contributed by atoms with Crippen LogP contribution in [0.3, 0.4) is 0 Å². The highest BCUT2D eigenvalue weighted by atomic mass is 79.9. The number of hydrogen-bond acceptors (Lipinski definition) is 1. The van der Waals surface area contributed by atoms with E-state index in [-0.39, 0.29) is 5.92 Å². The molecule has 0 aliphatic carbocycles. The number of rotatable bonds is 2. The topological polar surface area (TPSA) is 17.1 Å². The first-order valence-electron chi connectivity index (χ1n) is 3.87. The van der Waals surface area contributed by atoms with Gasteiger partial charge in [0.2, 0.25) is 0 Å². The zero-order valence-electron chi connectivity index (χ0n) is 7.17. The van der Waals surface area contributed by atoms with Crippen LogP contribution in [0.25, 0.3) is 0 Å². The van der Waals surface area contributed by atoms with E-state index in [0.29, 0.717) is 0 Å². The Morgan fingerprint density at radius 1 is 1.50 bits per heavy atom. The summed E-state index contributed by atoms with van der Waals surface area (Å²) in [5.74, 6) is -0.0116. The van der Waals surface area contributed by atoms with Crippen LogP contribution in [0.2, 0.25) is 0 Å². The Kier molecular flexibility index (Phi) is 3.04. The monoisotopic (exact) mass is 226 g/mol. The molecule has 0 amide bonds. The molecular formula is C10H11BrO. The lowest BCUT2D eigenvalue weighted by atomic mass is 9.98. The van der Waals surface area contributed by atoms with Crippen LogP contribution in [0.1, 0.15) is 24.0 Å². The summed E-state index contributed by atoms with van der Waals surface area (Å²) in [6.45, 7) is 3.92. The summed E-state index contributed by atoms with van der Waals surface area (Å²) < 4.78 is 1.06. The number of benzene rings is 1. The van der Waals surface area contributed by atoms with Crippen LogP contribution in [0.4, 0.5) is 0 Å². The molecule has 0 aliphatic heterocycles. The molecule has 0 aliphatic rings. The third kappa shape index (κ3) is 1.75. The molecule has 0 radical (unpaired) electrons. The Labute approximate surface area is 80.9 Å². The van der Waals surface area contributed by atoms with Gasteiger partial charge in [-0.3, -0.25) is 0 Å². The molecule has 1 atom stereocenters. The van der Waals surface area contributed by atoms with Crippen LogP contribution < -0.4 is 0 Å². The molecule has 0 spiro atoms. The predicted octanol–water partition coefficient (Wildman–Crippen LogP) is 3.06. The second kappa shape index (κ2) is 3.85. The van der Waals surface area contributed by atoms with Gasteiger partial charge in [0.05, 0.1) is 0 Å². The van der Waals surface area contributed by atoms with Gasteiger partial charge in [-0.2, -0.15) is 0 Å². The van der Waals surface area contributed by atoms with E-state index in [9.17, 15) is 4.79 Å². The van der Waals surface area contributed by atoms with Crippen LogP contribution in [0.5, 0.6) is 0 Å².